The summed E-state index contributed by atoms with van der Waals surface area (Å²) in [7, 11) is 0. The van der Waals surface area contributed by atoms with E-state index in [2.05, 4.69) is 5.73 Å². The number of quaternary nitrogens is 1. The van der Waals surface area contributed by atoms with Gasteiger partial charge in [-0.25, -0.2) is 0 Å². The first-order chi connectivity index (χ1) is 14.1. The predicted molar refractivity (Wildman–Crippen MR) is 105 cm³/mol. The zero-order valence-corrected chi connectivity index (χ0v) is 15.8. The maximum atomic E-state index is 12.7. The Hall–Kier alpha value is -3.44. The number of hydrogen-bond acceptors (Lipinski definition) is 4. The van der Waals surface area contributed by atoms with E-state index in [1.165, 1.54) is 0 Å². The number of hydrogen-bond donors (Lipinski definition) is 1. The molecular formula is C24H21NO4. The third kappa shape index (κ3) is 3.52. The Morgan fingerprint density at radius 3 is 1.93 bits per heavy atom. The maximum Gasteiger partial charge on any atom is 0.321 e. The molecule has 0 radical (unpaired) electrons. The lowest BCUT2D eigenvalue weighted by Crippen LogP contribution is -2.62. The maximum absolute atomic E-state index is 12.7. The van der Waals surface area contributed by atoms with Crippen LogP contribution in [-0.2, 0) is 14.3 Å². The van der Waals surface area contributed by atoms with Gasteiger partial charge in [-0.3, -0.25) is 4.79 Å². The number of carbonyl (C=O) groups is 2. The van der Waals surface area contributed by atoms with Crippen LogP contribution in [0.25, 0.3) is 11.1 Å². The van der Waals surface area contributed by atoms with Gasteiger partial charge in [-0.1, -0.05) is 78.9 Å². The van der Waals surface area contributed by atoms with Crippen molar-refractivity contribution in [2.24, 2.45) is 5.92 Å². The van der Waals surface area contributed by atoms with Crippen molar-refractivity contribution in [3.05, 3.63) is 95.6 Å². The van der Waals surface area contributed by atoms with E-state index in [4.69, 9.17) is 4.74 Å². The van der Waals surface area contributed by atoms with Gasteiger partial charge in [0, 0.05) is 11.5 Å². The molecule has 29 heavy (non-hydrogen) atoms. The number of rotatable bonds is 6. The van der Waals surface area contributed by atoms with Gasteiger partial charge >= 0.3 is 5.97 Å². The fraction of sp³-hybridized carbons (Fsp3) is 0.167. The van der Waals surface area contributed by atoms with Crippen LogP contribution in [0, 0.1) is 5.92 Å². The van der Waals surface area contributed by atoms with Crippen LogP contribution in [-0.4, -0.2) is 18.5 Å². The van der Waals surface area contributed by atoms with E-state index in [1.807, 2.05) is 54.6 Å². The number of benzene rings is 3. The molecule has 0 fully saturated rings. The van der Waals surface area contributed by atoms with E-state index in [1.54, 1.807) is 24.3 Å². The van der Waals surface area contributed by atoms with Crippen molar-refractivity contribution in [3.63, 3.8) is 0 Å². The third-order valence-electron chi connectivity index (χ3n) is 5.49. The Morgan fingerprint density at radius 2 is 1.38 bits per heavy atom. The van der Waals surface area contributed by atoms with Crippen molar-refractivity contribution in [2.45, 2.75) is 12.0 Å². The number of fused-ring (bicyclic) bond motifs is 3. The van der Waals surface area contributed by atoms with Crippen molar-refractivity contribution >= 4 is 11.9 Å². The second kappa shape index (κ2) is 7.89. The highest BCUT2D eigenvalue weighted by atomic mass is 16.5. The highest BCUT2D eigenvalue weighted by Crippen LogP contribution is 2.44. The van der Waals surface area contributed by atoms with Crippen molar-refractivity contribution in [3.8, 4) is 11.1 Å². The first-order valence-corrected chi connectivity index (χ1v) is 9.51. The van der Waals surface area contributed by atoms with Crippen LogP contribution in [0.15, 0.2) is 78.9 Å². The lowest BCUT2D eigenvalue weighted by molar-refractivity contribution is -0.440. The number of esters is 1. The summed E-state index contributed by atoms with van der Waals surface area (Å²) in [4.78, 5) is 24.4. The van der Waals surface area contributed by atoms with Gasteiger partial charge in [0.1, 0.15) is 12.6 Å². The number of carboxylic acid groups (broad SMARTS) is 1. The van der Waals surface area contributed by atoms with Crippen LogP contribution in [0.5, 0.6) is 0 Å². The van der Waals surface area contributed by atoms with Crippen LogP contribution in [0.1, 0.15) is 28.7 Å². The number of aliphatic carboxylic acids is 1. The number of carbonyl (C=O) groups excluding carboxylic acids is 2. The normalized spacial score (nSPS) is 14.5. The topological polar surface area (TPSA) is 94.1 Å². The zero-order valence-electron chi connectivity index (χ0n) is 15.8. The average Bonchev–Trinajstić information content (AvgIpc) is 3.06. The molecule has 0 unspecified atom stereocenters. The van der Waals surface area contributed by atoms with Gasteiger partial charge in [-0.15, -0.1) is 0 Å². The minimum absolute atomic E-state index is 0.0676. The van der Waals surface area contributed by atoms with Gasteiger partial charge in [-0.2, -0.15) is 0 Å². The molecule has 5 nitrogen and oxygen atoms in total. The molecule has 5 heteroatoms. The monoisotopic (exact) mass is 387 g/mol. The lowest BCUT2D eigenvalue weighted by atomic mass is 9.93. The fourth-order valence-corrected chi connectivity index (χ4v) is 4.01. The predicted octanol–water partition coefficient (Wildman–Crippen LogP) is 1.69. The molecule has 1 aliphatic carbocycles. The minimum atomic E-state index is -1.48. The van der Waals surface area contributed by atoms with Crippen LogP contribution >= 0.6 is 0 Å². The van der Waals surface area contributed by atoms with Crippen molar-refractivity contribution in [1.29, 1.82) is 0 Å². The molecule has 0 spiro atoms. The van der Waals surface area contributed by atoms with E-state index in [0.717, 1.165) is 22.3 Å². The first-order valence-electron chi connectivity index (χ1n) is 9.51. The molecule has 146 valence electrons. The fourth-order valence-electron chi connectivity index (χ4n) is 4.01. The molecule has 3 aromatic carbocycles. The van der Waals surface area contributed by atoms with Gasteiger partial charge in [0.15, 0.2) is 5.92 Å². The van der Waals surface area contributed by atoms with Gasteiger partial charge in [0.2, 0.25) is 0 Å². The summed E-state index contributed by atoms with van der Waals surface area (Å²) in [6, 6.07) is 24.0. The molecule has 0 heterocycles. The molecule has 1 aliphatic rings. The van der Waals surface area contributed by atoms with E-state index in [0.29, 0.717) is 5.56 Å². The summed E-state index contributed by atoms with van der Waals surface area (Å²) >= 11 is 0. The Kier molecular flexibility index (Phi) is 5.14. The molecule has 0 aliphatic heterocycles. The Bertz CT molecular complexity index is 1000. The number of carboxylic acids is 1. The summed E-state index contributed by atoms with van der Waals surface area (Å²) in [5, 5.41) is 11.7. The molecule has 0 amide bonds. The van der Waals surface area contributed by atoms with E-state index in [-0.39, 0.29) is 12.5 Å². The molecule has 3 aromatic rings. The first kappa shape index (κ1) is 18.9. The van der Waals surface area contributed by atoms with Crippen molar-refractivity contribution in [1.82, 2.24) is 0 Å². The standard InChI is InChI=1S/C24H21NO4/c25-22(15-8-2-1-3-9-15)21(23(26)27)24(28)29-14-20-18-12-6-4-10-16(18)17-11-5-7-13-19(17)20/h1-13,20-22H,14,25H2,(H,26,27)/t21-,22-/m0/s1. The largest absolute Gasteiger partial charge is 0.549 e. The molecule has 0 saturated carbocycles. The molecule has 3 N–H and O–H groups in total. The van der Waals surface area contributed by atoms with Gasteiger partial charge in [-0.05, 0) is 22.3 Å². The second-order valence-corrected chi connectivity index (χ2v) is 7.17. The van der Waals surface area contributed by atoms with Crippen molar-refractivity contribution in [2.75, 3.05) is 6.61 Å². The molecule has 0 saturated heterocycles. The van der Waals surface area contributed by atoms with Crippen LogP contribution in [0.3, 0.4) is 0 Å². The van der Waals surface area contributed by atoms with Gasteiger partial charge in [0.05, 0.1) is 5.97 Å². The summed E-state index contributed by atoms with van der Waals surface area (Å²) in [5.41, 5.74) is 8.89. The lowest BCUT2D eigenvalue weighted by Gasteiger charge is -2.22. The SMILES string of the molecule is [NH3+][C@@H](c1ccccc1)[C@@H](C(=O)[O-])C(=O)OCC1c2ccccc2-c2ccccc21. The summed E-state index contributed by atoms with van der Waals surface area (Å²) in [6.45, 7) is 0.0676. The molecular weight excluding hydrogens is 366 g/mol. The Morgan fingerprint density at radius 1 is 0.862 bits per heavy atom. The minimum Gasteiger partial charge on any atom is -0.549 e. The van der Waals surface area contributed by atoms with Crippen LogP contribution in [0.2, 0.25) is 0 Å². The molecule has 0 aromatic heterocycles. The van der Waals surface area contributed by atoms with E-state index in [9.17, 15) is 14.7 Å². The van der Waals surface area contributed by atoms with Crippen LogP contribution in [0.4, 0.5) is 0 Å². The second-order valence-electron chi connectivity index (χ2n) is 7.17. The summed E-state index contributed by atoms with van der Waals surface area (Å²) < 4.78 is 5.51. The summed E-state index contributed by atoms with van der Waals surface area (Å²) in [5.74, 6) is -3.90. The molecule has 0 bridgehead atoms. The Balaban J connectivity index is 1.55. The van der Waals surface area contributed by atoms with Crippen molar-refractivity contribution < 1.29 is 25.2 Å². The zero-order chi connectivity index (χ0) is 20.4. The Labute approximate surface area is 168 Å². The summed E-state index contributed by atoms with van der Waals surface area (Å²) in [6.07, 6.45) is 0. The quantitative estimate of drug-likeness (QED) is 0.514. The van der Waals surface area contributed by atoms with E-state index < -0.39 is 23.9 Å². The highest BCUT2D eigenvalue weighted by molar-refractivity contribution is 5.94. The smallest absolute Gasteiger partial charge is 0.321 e. The van der Waals surface area contributed by atoms with Gasteiger partial charge < -0.3 is 20.4 Å². The number of ether oxygens (including phenoxy) is 1. The average molecular weight is 387 g/mol. The molecule has 2 atom stereocenters. The van der Waals surface area contributed by atoms with Crippen LogP contribution < -0.4 is 10.8 Å². The van der Waals surface area contributed by atoms with Gasteiger partial charge in [0.25, 0.3) is 0 Å². The highest BCUT2D eigenvalue weighted by Gasteiger charge is 2.35. The third-order valence-corrected chi connectivity index (χ3v) is 5.49. The van der Waals surface area contributed by atoms with E-state index >= 15 is 0 Å². The molecule has 4 rings (SSSR count).